The maximum atomic E-state index is 12.1. The van der Waals surface area contributed by atoms with E-state index in [0.717, 1.165) is 4.31 Å². The number of phenolic OH excluding ortho intramolecular Hbond substituents is 1. The summed E-state index contributed by atoms with van der Waals surface area (Å²) in [7, 11) is -0.690. The molecule has 23 heavy (non-hydrogen) atoms. The predicted octanol–water partition coefficient (Wildman–Crippen LogP) is 2.55. The lowest BCUT2D eigenvalue weighted by Crippen LogP contribution is -2.22. The second-order valence-electron chi connectivity index (χ2n) is 4.93. The third-order valence-electron chi connectivity index (χ3n) is 3.10. The van der Waals surface area contributed by atoms with Gasteiger partial charge in [0.1, 0.15) is 5.75 Å². The third kappa shape index (κ3) is 3.82. The average molecular weight is 355 g/mol. The number of nitrogens with one attached hydrogen (secondary N) is 1. The molecular weight excluding hydrogens is 340 g/mol. The van der Waals surface area contributed by atoms with E-state index in [0.29, 0.717) is 5.02 Å². The summed E-state index contributed by atoms with van der Waals surface area (Å²) in [5.41, 5.74) is 0.426. The first-order valence-electron chi connectivity index (χ1n) is 6.54. The lowest BCUT2D eigenvalue weighted by molar-refractivity contribution is 0.102. The molecule has 0 aliphatic rings. The van der Waals surface area contributed by atoms with Crippen LogP contribution in [0.15, 0.2) is 47.4 Å². The summed E-state index contributed by atoms with van der Waals surface area (Å²) < 4.78 is 25.0. The van der Waals surface area contributed by atoms with Gasteiger partial charge in [-0.05, 0) is 42.5 Å². The van der Waals surface area contributed by atoms with Crippen LogP contribution < -0.4 is 5.32 Å². The standard InChI is InChI=1S/C15H15ClN2O4S/c1-18(2)23(21,22)12-6-3-10(4-7-12)15(20)17-13-9-11(16)5-8-14(13)19/h3-9,19H,1-2H3,(H,17,20). The Balaban J connectivity index is 2.23. The first-order valence-corrected chi connectivity index (χ1v) is 8.36. The molecule has 0 aliphatic heterocycles. The lowest BCUT2D eigenvalue weighted by Gasteiger charge is -2.12. The molecule has 0 bridgehead atoms. The highest BCUT2D eigenvalue weighted by atomic mass is 35.5. The molecule has 0 atom stereocenters. The van der Waals surface area contributed by atoms with E-state index in [1.54, 1.807) is 0 Å². The summed E-state index contributed by atoms with van der Waals surface area (Å²) in [6.07, 6.45) is 0. The van der Waals surface area contributed by atoms with Crippen molar-refractivity contribution in [2.75, 3.05) is 19.4 Å². The number of phenols is 1. The van der Waals surface area contributed by atoms with Gasteiger partial charge in [0.25, 0.3) is 5.91 Å². The van der Waals surface area contributed by atoms with Gasteiger partial charge in [-0.2, -0.15) is 0 Å². The van der Waals surface area contributed by atoms with Crippen LogP contribution in [0.3, 0.4) is 0 Å². The Morgan fingerprint density at radius 1 is 1.13 bits per heavy atom. The minimum absolute atomic E-state index is 0.0876. The number of halogens is 1. The van der Waals surface area contributed by atoms with Crippen molar-refractivity contribution in [2.24, 2.45) is 0 Å². The van der Waals surface area contributed by atoms with Gasteiger partial charge < -0.3 is 10.4 Å². The van der Waals surface area contributed by atoms with Crippen molar-refractivity contribution in [2.45, 2.75) is 4.90 Å². The molecule has 0 saturated heterocycles. The normalized spacial score (nSPS) is 11.5. The molecule has 8 heteroatoms. The van der Waals surface area contributed by atoms with Gasteiger partial charge in [-0.25, -0.2) is 12.7 Å². The SMILES string of the molecule is CN(C)S(=O)(=O)c1ccc(C(=O)Nc2cc(Cl)ccc2O)cc1. The number of carbonyl (C=O) groups is 1. The van der Waals surface area contributed by atoms with Crippen molar-refractivity contribution in [3.8, 4) is 5.75 Å². The largest absolute Gasteiger partial charge is 0.506 e. The number of anilines is 1. The predicted molar refractivity (Wildman–Crippen MR) is 88.4 cm³/mol. The number of carbonyl (C=O) groups excluding carboxylic acids is 1. The Labute approximate surface area is 139 Å². The van der Waals surface area contributed by atoms with E-state index in [1.165, 1.54) is 56.6 Å². The third-order valence-corrected chi connectivity index (χ3v) is 5.17. The maximum absolute atomic E-state index is 12.1. The Hall–Kier alpha value is -2.09. The van der Waals surface area contributed by atoms with Gasteiger partial charge in [0.15, 0.2) is 0 Å². The molecule has 2 aromatic rings. The molecule has 2 N–H and O–H groups in total. The zero-order chi connectivity index (χ0) is 17.2. The van der Waals surface area contributed by atoms with E-state index in [4.69, 9.17) is 11.6 Å². The van der Waals surface area contributed by atoms with E-state index >= 15 is 0 Å². The highest BCUT2D eigenvalue weighted by molar-refractivity contribution is 7.89. The molecule has 0 aliphatic carbocycles. The smallest absolute Gasteiger partial charge is 0.255 e. The zero-order valence-electron chi connectivity index (χ0n) is 12.4. The van der Waals surface area contributed by atoms with Crippen molar-refractivity contribution in [1.29, 1.82) is 0 Å². The minimum atomic E-state index is -3.55. The molecule has 0 radical (unpaired) electrons. The molecule has 0 spiro atoms. The second kappa shape index (κ2) is 6.57. The Bertz CT molecular complexity index is 833. The van der Waals surface area contributed by atoms with Gasteiger partial charge in [0, 0.05) is 24.7 Å². The number of amides is 1. The number of aromatic hydroxyl groups is 1. The van der Waals surface area contributed by atoms with Gasteiger partial charge in [0.05, 0.1) is 10.6 Å². The number of nitrogens with zero attached hydrogens (tertiary/aromatic N) is 1. The van der Waals surface area contributed by atoms with E-state index < -0.39 is 15.9 Å². The summed E-state index contributed by atoms with van der Waals surface area (Å²) in [6, 6.07) is 9.77. The molecular formula is C15H15ClN2O4S. The molecule has 0 heterocycles. The molecule has 122 valence electrons. The molecule has 2 rings (SSSR count). The lowest BCUT2D eigenvalue weighted by atomic mass is 10.2. The van der Waals surface area contributed by atoms with Crippen molar-refractivity contribution >= 4 is 33.2 Å². The van der Waals surface area contributed by atoms with Crippen molar-refractivity contribution in [3.05, 3.63) is 53.1 Å². The van der Waals surface area contributed by atoms with Crippen molar-refractivity contribution in [3.63, 3.8) is 0 Å². The van der Waals surface area contributed by atoms with Gasteiger partial charge in [0.2, 0.25) is 10.0 Å². The topological polar surface area (TPSA) is 86.7 Å². The van der Waals surface area contributed by atoms with E-state index in [9.17, 15) is 18.3 Å². The van der Waals surface area contributed by atoms with Gasteiger partial charge in [-0.3, -0.25) is 4.79 Å². The monoisotopic (exact) mass is 354 g/mol. The molecule has 0 saturated carbocycles. The van der Waals surface area contributed by atoms with Gasteiger partial charge >= 0.3 is 0 Å². The summed E-state index contributed by atoms with van der Waals surface area (Å²) in [4.78, 5) is 12.2. The fourth-order valence-corrected chi connectivity index (χ4v) is 2.87. The molecule has 0 unspecified atom stereocenters. The second-order valence-corrected chi connectivity index (χ2v) is 7.52. The van der Waals surface area contributed by atoms with Crippen LogP contribution in [0, 0.1) is 0 Å². The van der Waals surface area contributed by atoms with Crippen LogP contribution in [0.25, 0.3) is 0 Å². The summed E-state index contributed by atoms with van der Waals surface area (Å²) in [5.74, 6) is -0.606. The van der Waals surface area contributed by atoms with E-state index in [2.05, 4.69) is 5.32 Å². The number of hydrogen-bond acceptors (Lipinski definition) is 4. The fraction of sp³-hybridized carbons (Fsp3) is 0.133. The Morgan fingerprint density at radius 3 is 2.30 bits per heavy atom. The maximum Gasteiger partial charge on any atom is 0.255 e. The van der Waals surface area contributed by atoms with Crippen LogP contribution in [0.2, 0.25) is 5.02 Å². The number of hydrogen-bond donors (Lipinski definition) is 2. The first kappa shape index (κ1) is 17.3. The molecule has 0 fully saturated rings. The van der Waals surface area contributed by atoms with Gasteiger partial charge in [-0.15, -0.1) is 0 Å². The highest BCUT2D eigenvalue weighted by Gasteiger charge is 2.17. The van der Waals surface area contributed by atoms with Crippen LogP contribution in [0.4, 0.5) is 5.69 Å². The fourth-order valence-electron chi connectivity index (χ4n) is 1.79. The van der Waals surface area contributed by atoms with Crippen LogP contribution in [-0.2, 0) is 10.0 Å². The summed E-state index contributed by atoms with van der Waals surface area (Å²) in [5, 5.41) is 12.6. The van der Waals surface area contributed by atoms with Crippen LogP contribution in [0.5, 0.6) is 5.75 Å². The van der Waals surface area contributed by atoms with Crippen LogP contribution in [0.1, 0.15) is 10.4 Å². The van der Waals surface area contributed by atoms with Crippen molar-refractivity contribution < 1.29 is 18.3 Å². The van der Waals surface area contributed by atoms with Crippen molar-refractivity contribution in [1.82, 2.24) is 4.31 Å². The van der Waals surface area contributed by atoms with Crippen LogP contribution >= 0.6 is 11.6 Å². The molecule has 0 aromatic heterocycles. The molecule has 6 nitrogen and oxygen atoms in total. The number of benzene rings is 2. The first-order chi connectivity index (χ1) is 10.7. The molecule has 2 aromatic carbocycles. The number of sulfonamides is 1. The Morgan fingerprint density at radius 2 is 1.74 bits per heavy atom. The van der Waals surface area contributed by atoms with E-state index in [-0.39, 0.29) is 21.9 Å². The highest BCUT2D eigenvalue weighted by Crippen LogP contribution is 2.27. The van der Waals surface area contributed by atoms with Crippen LogP contribution in [-0.4, -0.2) is 37.8 Å². The summed E-state index contributed by atoms with van der Waals surface area (Å²) in [6.45, 7) is 0. The summed E-state index contributed by atoms with van der Waals surface area (Å²) >= 11 is 5.81. The average Bonchev–Trinajstić information content (AvgIpc) is 2.50. The quantitative estimate of drug-likeness (QED) is 0.826. The minimum Gasteiger partial charge on any atom is -0.506 e. The Kier molecular flexibility index (Phi) is 4.93. The van der Waals surface area contributed by atoms with E-state index in [1.807, 2.05) is 0 Å². The number of rotatable bonds is 4. The van der Waals surface area contributed by atoms with Gasteiger partial charge in [-0.1, -0.05) is 11.6 Å². The zero-order valence-corrected chi connectivity index (χ0v) is 14.0. The molecule has 1 amide bonds.